The summed E-state index contributed by atoms with van der Waals surface area (Å²) in [5, 5.41) is -0.440. The van der Waals surface area contributed by atoms with Crippen molar-refractivity contribution < 1.29 is 14.0 Å². The van der Waals surface area contributed by atoms with Crippen molar-refractivity contribution in [1.29, 1.82) is 0 Å². The number of rotatable bonds is 4. The van der Waals surface area contributed by atoms with Gasteiger partial charge in [-0.1, -0.05) is 6.58 Å². The van der Waals surface area contributed by atoms with Crippen LogP contribution in [0.2, 0.25) is 0 Å². The molecule has 0 atom stereocenters. The lowest BCUT2D eigenvalue weighted by Gasteiger charge is -2.23. The van der Waals surface area contributed by atoms with E-state index in [0.717, 1.165) is 0 Å². The van der Waals surface area contributed by atoms with Crippen molar-refractivity contribution in [3.63, 3.8) is 0 Å². The van der Waals surface area contributed by atoms with E-state index in [0.29, 0.717) is 5.57 Å². The van der Waals surface area contributed by atoms with Crippen LogP contribution in [0.4, 0.5) is 0 Å². The van der Waals surface area contributed by atoms with E-state index >= 15 is 0 Å². The number of carbonyl (C=O) groups is 1. The predicted molar refractivity (Wildman–Crippen MR) is 50.5 cm³/mol. The van der Waals surface area contributed by atoms with Gasteiger partial charge in [-0.3, -0.25) is 0 Å². The van der Waals surface area contributed by atoms with Gasteiger partial charge in [0.15, 0.2) is 0 Å². The maximum Gasteiger partial charge on any atom is 0.333 e. The first-order valence-corrected chi connectivity index (χ1v) is 5.05. The lowest BCUT2D eigenvalue weighted by atomic mass is 10.3. The molecule has 4 heteroatoms. The third kappa shape index (κ3) is 4.30. The third-order valence-electron chi connectivity index (χ3n) is 1.21. The van der Waals surface area contributed by atoms with Gasteiger partial charge in [-0.05, 0) is 20.8 Å². The van der Waals surface area contributed by atoms with E-state index in [9.17, 15) is 4.79 Å². The molecule has 0 radical (unpaired) electrons. The maximum atomic E-state index is 11.1. The molecule has 0 unspecified atom stereocenters. The molecular formula is C8H16O3Si. The molecule has 0 rings (SSSR count). The number of hydrogen-bond acceptors (Lipinski definition) is 3. The van der Waals surface area contributed by atoms with Crippen LogP contribution in [0.1, 0.15) is 20.8 Å². The van der Waals surface area contributed by atoms with E-state index in [1.165, 1.54) is 0 Å². The Hall–Kier alpha value is -0.613. The number of hydrogen-bond donors (Lipinski definition) is 0. The molecule has 0 aromatic carbocycles. The van der Waals surface area contributed by atoms with Gasteiger partial charge < -0.3 is 9.16 Å². The standard InChI is InChI=1S/C8H16O3Si/c1-6(2)7(9)11-8(3,4)12-10-5/h1,12H2,2-5H3. The normalized spacial score (nSPS) is 12.0. The molecular weight excluding hydrogens is 172 g/mol. The molecule has 0 fully saturated rings. The lowest BCUT2D eigenvalue weighted by molar-refractivity contribution is -0.145. The fourth-order valence-corrected chi connectivity index (χ4v) is 1.60. The second-order valence-corrected chi connectivity index (χ2v) is 5.93. The van der Waals surface area contributed by atoms with Gasteiger partial charge >= 0.3 is 5.97 Å². The molecule has 0 aliphatic rings. The molecule has 3 nitrogen and oxygen atoms in total. The molecule has 0 spiro atoms. The van der Waals surface area contributed by atoms with Crippen molar-refractivity contribution >= 4 is 15.7 Å². The highest BCUT2D eigenvalue weighted by Gasteiger charge is 2.23. The Morgan fingerprint density at radius 2 is 2.00 bits per heavy atom. The van der Waals surface area contributed by atoms with Crippen molar-refractivity contribution in [3.05, 3.63) is 12.2 Å². The molecule has 0 aliphatic heterocycles. The first-order valence-electron chi connectivity index (χ1n) is 3.77. The van der Waals surface area contributed by atoms with Crippen molar-refractivity contribution in [2.45, 2.75) is 26.0 Å². The van der Waals surface area contributed by atoms with E-state index in [1.807, 2.05) is 13.8 Å². The van der Waals surface area contributed by atoms with Gasteiger partial charge in [0.1, 0.15) is 5.22 Å². The SMILES string of the molecule is C=C(C)C(=O)OC(C)(C)[SiH2]OC. The molecule has 0 N–H and O–H groups in total. The van der Waals surface area contributed by atoms with Gasteiger partial charge in [-0.15, -0.1) is 0 Å². The Morgan fingerprint density at radius 3 is 2.33 bits per heavy atom. The highest BCUT2D eigenvalue weighted by molar-refractivity contribution is 6.31. The second kappa shape index (κ2) is 4.42. The van der Waals surface area contributed by atoms with Crippen molar-refractivity contribution in [2.24, 2.45) is 0 Å². The second-order valence-electron chi connectivity index (χ2n) is 3.36. The monoisotopic (exact) mass is 188 g/mol. The zero-order valence-corrected chi connectivity index (χ0v) is 9.55. The van der Waals surface area contributed by atoms with Crippen LogP contribution < -0.4 is 0 Å². The summed E-state index contributed by atoms with van der Waals surface area (Å²) in [7, 11) is 0.818. The van der Waals surface area contributed by atoms with Crippen LogP contribution in [0.25, 0.3) is 0 Å². The molecule has 0 bridgehead atoms. The van der Waals surface area contributed by atoms with E-state index in [1.54, 1.807) is 14.0 Å². The highest BCUT2D eigenvalue weighted by atomic mass is 28.2. The fourth-order valence-electron chi connectivity index (χ4n) is 0.715. The zero-order chi connectivity index (χ0) is 9.78. The summed E-state index contributed by atoms with van der Waals surface area (Å²) in [4.78, 5) is 11.1. The first-order chi connectivity index (χ1) is 5.39. The molecule has 0 aliphatic carbocycles. The van der Waals surface area contributed by atoms with Crippen LogP contribution in [0.15, 0.2) is 12.2 Å². The molecule has 0 saturated carbocycles. The Kier molecular flexibility index (Phi) is 4.20. The van der Waals surface area contributed by atoms with Crippen LogP contribution in [0.3, 0.4) is 0 Å². The minimum Gasteiger partial charge on any atom is -0.458 e. The average Bonchev–Trinajstić information content (AvgIpc) is 1.85. The molecule has 0 heterocycles. The molecule has 0 aromatic heterocycles. The Labute approximate surface area is 75.7 Å². The average molecular weight is 188 g/mol. The molecule has 0 saturated heterocycles. The molecule has 0 amide bonds. The van der Waals surface area contributed by atoms with Gasteiger partial charge in [-0.2, -0.15) is 0 Å². The van der Waals surface area contributed by atoms with E-state index in [-0.39, 0.29) is 5.97 Å². The minimum absolute atomic E-state index is 0.343. The topological polar surface area (TPSA) is 35.5 Å². The minimum atomic E-state index is -0.809. The van der Waals surface area contributed by atoms with E-state index in [4.69, 9.17) is 9.16 Å². The summed E-state index contributed by atoms with van der Waals surface area (Å²) in [6, 6.07) is 0. The van der Waals surface area contributed by atoms with Crippen LogP contribution in [-0.2, 0) is 14.0 Å². The van der Waals surface area contributed by atoms with Gasteiger partial charge in [0.25, 0.3) is 0 Å². The van der Waals surface area contributed by atoms with Crippen molar-refractivity contribution in [3.8, 4) is 0 Å². The van der Waals surface area contributed by atoms with Crippen molar-refractivity contribution in [2.75, 3.05) is 7.11 Å². The van der Waals surface area contributed by atoms with Crippen LogP contribution in [-0.4, -0.2) is 28.1 Å². The van der Waals surface area contributed by atoms with Crippen LogP contribution in [0.5, 0.6) is 0 Å². The zero-order valence-electron chi connectivity index (χ0n) is 8.14. The highest BCUT2D eigenvalue weighted by Crippen LogP contribution is 2.09. The quantitative estimate of drug-likeness (QED) is 0.367. The summed E-state index contributed by atoms with van der Waals surface area (Å²) < 4.78 is 10.2. The third-order valence-corrected chi connectivity index (χ3v) is 2.34. The number of carbonyl (C=O) groups excluding carboxylic acids is 1. The Morgan fingerprint density at radius 1 is 1.50 bits per heavy atom. The Balaban J connectivity index is 4.05. The Bertz CT molecular complexity index is 187. The van der Waals surface area contributed by atoms with E-state index in [2.05, 4.69) is 6.58 Å². The largest absolute Gasteiger partial charge is 0.458 e. The summed E-state index contributed by atoms with van der Waals surface area (Å²) in [6.07, 6.45) is 0. The molecule has 70 valence electrons. The molecule has 0 aromatic rings. The summed E-state index contributed by atoms with van der Waals surface area (Å²) in [5.41, 5.74) is 0.424. The van der Waals surface area contributed by atoms with Crippen molar-refractivity contribution in [1.82, 2.24) is 0 Å². The van der Waals surface area contributed by atoms with E-state index < -0.39 is 15.0 Å². The van der Waals surface area contributed by atoms with Gasteiger partial charge in [0, 0.05) is 12.7 Å². The van der Waals surface area contributed by atoms with Crippen LogP contribution in [0, 0.1) is 0 Å². The summed E-state index contributed by atoms with van der Waals surface area (Å²) >= 11 is 0. The van der Waals surface area contributed by atoms with Crippen LogP contribution >= 0.6 is 0 Å². The van der Waals surface area contributed by atoms with Gasteiger partial charge in [-0.25, -0.2) is 4.79 Å². The number of ether oxygens (including phenoxy) is 1. The summed E-state index contributed by atoms with van der Waals surface area (Å²) in [6.45, 7) is 8.83. The van der Waals surface area contributed by atoms with Gasteiger partial charge in [0.2, 0.25) is 9.76 Å². The lowest BCUT2D eigenvalue weighted by Crippen LogP contribution is -2.36. The number of esters is 1. The predicted octanol–water partition coefficient (Wildman–Crippen LogP) is 0.572. The molecule has 12 heavy (non-hydrogen) atoms. The smallest absolute Gasteiger partial charge is 0.333 e. The first kappa shape index (κ1) is 11.4. The van der Waals surface area contributed by atoms with Gasteiger partial charge in [0.05, 0.1) is 0 Å². The maximum absolute atomic E-state index is 11.1. The summed E-state index contributed by atoms with van der Waals surface area (Å²) in [5.74, 6) is -0.343. The fraction of sp³-hybridized carbons (Fsp3) is 0.625.